The van der Waals surface area contributed by atoms with E-state index >= 15 is 0 Å². The maximum Gasteiger partial charge on any atom is 0.325 e. The lowest BCUT2D eigenvalue weighted by Crippen LogP contribution is -2.33. The van der Waals surface area contributed by atoms with Gasteiger partial charge in [0, 0.05) is 5.69 Å². The average Bonchev–Trinajstić information content (AvgIpc) is 2.77. The summed E-state index contributed by atoms with van der Waals surface area (Å²) < 4.78 is 31.4. The first-order valence-electron chi connectivity index (χ1n) is 5.59. The first-order valence-corrected chi connectivity index (χ1v) is 7.95. The van der Waals surface area contributed by atoms with Crippen LogP contribution in [-0.2, 0) is 19.6 Å². The zero-order valence-electron chi connectivity index (χ0n) is 10.8. The molecule has 2 aromatic rings. The van der Waals surface area contributed by atoms with Crippen molar-refractivity contribution >= 4 is 48.4 Å². The second-order valence-electron chi connectivity index (χ2n) is 4.06. The van der Waals surface area contributed by atoms with Gasteiger partial charge in [-0.05, 0) is 25.1 Å². The molecule has 7 nitrogen and oxygen atoms in total. The maximum atomic E-state index is 12.0. The van der Waals surface area contributed by atoms with E-state index in [4.69, 9.17) is 5.73 Å². The minimum Gasteiger partial charge on any atom is -0.468 e. The largest absolute Gasteiger partial charge is 0.468 e. The number of hydrogen-bond donors (Lipinski definition) is 2. The molecule has 0 spiro atoms. The van der Waals surface area contributed by atoms with E-state index in [0.717, 1.165) is 23.1 Å². The molecule has 0 saturated carbocycles. The van der Waals surface area contributed by atoms with Gasteiger partial charge in [-0.15, -0.1) is 0 Å². The number of nitrogens with one attached hydrogen (secondary N) is 1. The van der Waals surface area contributed by atoms with Crippen LogP contribution in [0, 0.1) is 0 Å². The van der Waals surface area contributed by atoms with Gasteiger partial charge in [-0.2, -0.15) is 0 Å². The van der Waals surface area contributed by atoms with E-state index in [2.05, 4.69) is 14.4 Å². The Morgan fingerprint density at radius 2 is 2.20 bits per heavy atom. The fraction of sp³-hybridized carbons (Fsp3) is 0.273. The van der Waals surface area contributed by atoms with Crippen LogP contribution in [0.3, 0.4) is 0 Å². The van der Waals surface area contributed by atoms with E-state index in [1.807, 2.05) is 0 Å². The van der Waals surface area contributed by atoms with Gasteiger partial charge in [0.1, 0.15) is 0 Å². The summed E-state index contributed by atoms with van der Waals surface area (Å²) in [5, 5.41) is -1.13. The number of anilines is 2. The topological polar surface area (TPSA) is 111 Å². The summed E-state index contributed by atoms with van der Waals surface area (Å²) >= 11 is 1.14. The summed E-state index contributed by atoms with van der Waals surface area (Å²) in [6.07, 6.45) is 0. The van der Waals surface area contributed by atoms with Crippen LogP contribution < -0.4 is 10.5 Å². The smallest absolute Gasteiger partial charge is 0.325 e. The Balaban J connectivity index is 2.29. The van der Waals surface area contributed by atoms with Crippen molar-refractivity contribution in [3.63, 3.8) is 0 Å². The Labute approximate surface area is 119 Å². The Bertz CT molecular complexity index is 754. The van der Waals surface area contributed by atoms with E-state index in [0.29, 0.717) is 11.2 Å². The summed E-state index contributed by atoms with van der Waals surface area (Å²) in [6, 6.07) is 5.08. The third-order valence-corrected chi connectivity index (χ3v) is 5.30. The lowest BCUT2D eigenvalue weighted by atomic mass is 10.3. The zero-order valence-corrected chi connectivity index (χ0v) is 12.4. The molecule has 0 saturated heterocycles. The number of esters is 1. The molecular formula is C11H13N3O4S2. The number of rotatable bonds is 4. The molecule has 0 fully saturated rings. The van der Waals surface area contributed by atoms with Crippen LogP contribution in [0.15, 0.2) is 18.2 Å². The molecule has 3 N–H and O–H groups in total. The number of methoxy groups -OCH3 is 1. The number of aromatic nitrogens is 1. The fourth-order valence-corrected chi connectivity index (χ4v) is 3.58. The van der Waals surface area contributed by atoms with Crippen molar-refractivity contribution in [2.75, 3.05) is 17.6 Å². The number of carbonyl (C=O) groups is 1. The van der Waals surface area contributed by atoms with Crippen LogP contribution in [0.5, 0.6) is 0 Å². The number of thiazole rings is 1. The number of ether oxygens (including phenoxy) is 1. The Morgan fingerprint density at radius 3 is 2.85 bits per heavy atom. The van der Waals surface area contributed by atoms with Crippen LogP contribution in [0.2, 0.25) is 0 Å². The predicted octanol–water partition coefficient (Wildman–Crippen LogP) is 1.18. The molecule has 0 bridgehead atoms. The van der Waals surface area contributed by atoms with Gasteiger partial charge >= 0.3 is 5.97 Å². The number of nitrogen functional groups attached to an aromatic ring is 1. The summed E-state index contributed by atoms with van der Waals surface area (Å²) in [6.45, 7) is 1.25. The number of sulfonamides is 1. The molecule has 20 heavy (non-hydrogen) atoms. The van der Waals surface area contributed by atoms with Crippen LogP contribution in [-0.4, -0.2) is 31.7 Å². The summed E-state index contributed by atoms with van der Waals surface area (Å²) in [4.78, 5) is 15.4. The number of fused-ring (bicyclic) bond motifs is 1. The molecule has 0 aliphatic heterocycles. The van der Waals surface area contributed by atoms with Gasteiger partial charge in [0.05, 0.1) is 17.3 Å². The lowest BCUT2D eigenvalue weighted by molar-refractivity contribution is -0.139. The number of nitrogens with two attached hydrogens (primary N) is 1. The van der Waals surface area contributed by atoms with Crippen LogP contribution in [0.4, 0.5) is 10.8 Å². The van der Waals surface area contributed by atoms with E-state index < -0.39 is 21.2 Å². The number of hydrogen-bond acceptors (Lipinski definition) is 7. The second-order valence-corrected chi connectivity index (χ2v) is 7.09. The molecule has 2 rings (SSSR count). The highest BCUT2D eigenvalue weighted by Gasteiger charge is 2.29. The third-order valence-electron chi connectivity index (χ3n) is 2.64. The van der Waals surface area contributed by atoms with Crippen LogP contribution in [0.1, 0.15) is 6.92 Å². The van der Waals surface area contributed by atoms with E-state index in [1.165, 1.54) is 6.92 Å². The SMILES string of the molecule is COC(=O)C(C)S(=O)(=O)Nc1nc2ccc(N)cc2s1. The third kappa shape index (κ3) is 2.83. The normalized spacial score (nSPS) is 13.1. The van der Waals surface area contributed by atoms with Gasteiger partial charge in [0.25, 0.3) is 0 Å². The first kappa shape index (κ1) is 14.5. The Morgan fingerprint density at radius 1 is 1.50 bits per heavy atom. The zero-order chi connectivity index (χ0) is 14.9. The molecule has 1 unspecified atom stereocenters. The fourth-order valence-electron chi connectivity index (χ4n) is 1.49. The van der Waals surface area contributed by atoms with Gasteiger partial charge in [0.15, 0.2) is 10.4 Å². The monoisotopic (exact) mass is 315 g/mol. The molecule has 9 heteroatoms. The quantitative estimate of drug-likeness (QED) is 0.647. The van der Waals surface area contributed by atoms with Crippen molar-refractivity contribution in [3.05, 3.63) is 18.2 Å². The van der Waals surface area contributed by atoms with Crippen molar-refractivity contribution in [3.8, 4) is 0 Å². The highest BCUT2D eigenvalue weighted by Crippen LogP contribution is 2.28. The molecule has 0 radical (unpaired) electrons. The standard InChI is InChI=1S/C11H13N3O4S2/c1-6(10(15)18-2)20(16,17)14-11-13-8-4-3-7(12)5-9(8)19-11/h3-6H,12H2,1-2H3,(H,13,14). The van der Waals surface area contributed by atoms with Crippen LogP contribution in [0.25, 0.3) is 10.2 Å². The molecule has 0 aliphatic rings. The number of carbonyl (C=O) groups excluding carboxylic acids is 1. The Hall–Kier alpha value is -1.87. The van der Waals surface area contributed by atoms with E-state index in [-0.39, 0.29) is 5.13 Å². The van der Waals surface area contributed by atoms with E-state index in [1.54, 1.807) is 18.2 Å². The molecule has 0 aliphatic carbocycles. The average molecular weight is 315 g/mol. The molecule has 1 aromatic heterocycles. The van der Waals surface area contributed by atoms with Crippen molar-refractivity contribution in [1.29, 1.82) is 0 Å². The Kier molecular flexibility index (Phi) is 3.82. The van der Waals surface area contributed by atoms with Crippen molar-refractivity contribution in [1.82, 2.24) is 4.98 Å². The van der Waals surface area contributed by atoms with Gasteiger partial charge in [0.2, 0.25) is 10.0 Å². The number of nitrogens with zero attached hydrogens (tertiary/aromatic N) is 1. The maximum absolute atomic E-state index is 12.0. The molecular weight excluding hydrogens is 302 g/mol. The minimum atomic E-state index is -3.89. The van der Waals surface area contributed by atoms with Crippen LogP contribution >= 0.6 is 11.3 Å². The second kappa shape index (κ2) is 5.25. The summed E-state index contributed by atoms with van der Waals surface area (Å²) in [5.41, 5.74) is 6.85. The molecule has 1 heterocycles. The summed E-state index contributed by atoms with van der Waals surface area (Å²) in [7, 11) is -2.76. The minimum absolute atomic E-state index is 0.182. The molecule has 108 valence electrons. The lowest BCUT2D eigenvalue weighted by Gasteiger charge is -2.10. The van der Waals surface area contributed by atoms with Gasteiger partial charge in [-0.3, -0.25) is 9.52 Å². The van der Waals surface area contributed by atoms with Crippen molar-refractivity contribution in [2.45, 2.75) is 12.2 Å². The van der Waals surface area contributed by atoms with Crippen molar-refractivity contribution < 1.29 is 17.9 Å². The first-order chi connectivity index (χ1) is 9.33. The highest BCUT2D eigenvalue weighted by atomic mass is 32.2. The molecule has 1 atom stereocenters. The van der Waals surface area contributed by atoms with Gasteiger partial charge < -0.3 is 10.5 Å². The van der Waals surface area contributed by atoms with Crippen molar-refractivity contribution in [2.24, 2.45) is 0 Å². The molecule has 1 aromatic carbocycles. The highest BCUT2D eigenvalue weighted by molar-refractivity contribution is 7.94. The number of benzene rings is 1. The predicted molar refractivity (Wildman–Crippen MR) is 78.1 cm³/mol. The van der Waals surface area contributed by atoms with Gasteiger partial charge in [-0.1, -0.05) is 11.3 Å². The van der Waals surface area contributed by atoms with Gasteiger partial charge in [-0.25, -0.2) is 13.4 Å². The van der Waals surface area contributed by atoms with E-state index in [9.17, 15) is 13.2 Å². The summed E-state index contributed by atoms with van der Waals surface area (Å²) in [5.74, 6) is -0.831. The molecule has 0 amide bonds.